The van der Waals surface area contributed by atoms with Crippen LogP contribution < -0.4 is 11.1 Å². The molecular weight excluding hydrogens is 222 g/mol. The van der Waals surface area contributed by atoms with Gasteiger partial charge in [-0.15, -0.1) is 0 Å². The molecule has 1 aromatic heterocycles. The van der Waals surface area contributed by atoms with Gasteiger partial charge in [-0.25, -0.2) is 0 Å². The average molecular weight is 237 g/mol. The average Bonchev–Trinajstić information content (AvgIpc) is 2.30. The van der Waals surface area contributed by atoms with E-state index in [0.29, 0.717) is 17.8 Å². The lowest BCUT2D eigenvalue weighted by atomic mass is 10.2. The van der Waals surface area contributed by atoms with E-state index in [0.717, 1.165) is 0 Å². The molecular formula is C11H15N3O3. The molecule has 6 heteroatoms. The Morgan fingerprint density at radius 2 is 2.24 bits per heavy atom. The van der Waals surface area contributed by atoms with Crippen molar-refractivity contribution in [3.8, 4) is 0 Å². The van der Waals surface area contributed by atoms with Gasteiger partial charge < -0.3 is 16.2 Å². The zero-order valence-electron chi connectivity index (χ0n) is 9.51. The Balaban J connectivity index is 2.62. The summed E-state index contributed by atoms with van der Waals surface area (Å²) in [5.74, 6) is -1.22. The summed E-state index contributed by atoms with van der Waals surface area (Å²) in [4.78, 5) is 25.8. The van der Waals surface area contributed by atoms with E-state index < -0.39 is 12.0 Å². The lowest BCUT2D eigenvalue weighted by Crippen LogP contribution is -2.34. The van der Waals surface area contributed by atoms with E-state index in [1.54, 1.807) is 12.1 Å². The number of nitrogens with two attached hydrogens (primary N) is 1. The highest BCUT2D eigenvalue weighted by molar-refractivity contribution is 5.94. The number of carbonyl (C=O) groups is 2. The van der Waals surface area contributed by atoms with Gasteiger partial charge in [-0.05, 0) is 18.6 Å². The number of rotatable bonds is 5. The molecule has 6 nitrogen and oxygen atoms in total. The van der Waals surface area contributed by atoms with E-state index >= 15 is 0 Å². The van der Waals surface area contributed by atoms with Crippen molar-refractivity contribution in [1.29, 1.82) is 0 Å². The fourth-order valence-electron chi connectivity index (χ4n) is 1.18. The molecule has 0 aliphatic carbocycles. The Kier molecular flexibility index (Phi) is 4.59. The first kappa shape index (κ1) is 13.1. The van der Waals surface area contributed by atoms with Gasteiger partial charge in [0.15, 0.2) is 0 Å². The van der Waals surface area contributed by atoms with Crippen LogP contribution in [0.2, 0.25) is 0 Å². The zero-order chi connectivity index (χ0) is 12.8. The number of hydrogen-bond acceptors (Lipinski definition) is 4. The predicted molar refractivity (Wildman–Crippen MR) is 62.5 cm³/mol. The first-order valence-corrected chi connectivity index (χ1v) is 5.26. The Bertz CT molecular complexity index is 403. The minimum absolute atomic E-state index is 0.136. The van der Waals surface area contributed by atoms with Gasteiger partial charge in [-0.1, -0.05) is 6.92 Å². The molecule has 0 aliphatic rings. The molecule has 0 radical (unpaired) electrons. The molecule has 92 valence electrons. The molecule has 0 bridgehead atoms. The van der Waals surface area contributed by atoms with Crippen LogP contribution >= 0.6 is 0 Å². The van der Waals surface area contributed by atoms with Crippen molar-refractivity contribution in [3.05, 3.63) is 24.0 Å². The van der Waals surface area contributed by atoms with E-state index in [2.05, 4.69) is 10.3 Å². The number of aromatic nitrogens is 1. The fraction of sp³-hybridized carbons (Fsp3) is 0.364. The van der Waals surface area contributed by atoms with Crippen LogP contribution in [0.4, 0.5) is 5.69 Å². The number of anilines is 1. The standard InChI is InChI=1S/C11H15N3O3/c1-2-9(12)11(17)14-8-4-3-7(13-6-8)5-10(15)16/h3-4,6,9H,2,5,12H2,1H3,(H,14,17)(H,15,16)/t9-/m0/s1. The van der Waals surface area contributed by atoms with Crippen LogP contribution in [0.15, 0.2) is 18.3 Å². The number of amides is 1. The number of carboxylic acids is 1. The van der Waals surface area contributed by atoms with E-state index in [1.807, 2.05) is 6.92 Å². The molecule has 0 saturated carbocycles. The summed E-state index contributed by atoms with van der Waals surface area (Å²) in [6.45, 7) is 1.82. The summed E-state index contributed by atoms with van der Waals surface area (Å²) in [6, 6.07) is 2.61. The smallest absolute Gasteiger partial charge is 0.309 e. The minimum atomic E-state index is -0.942. The molecule has 4 N–H and O–H groups in total. The van der Waals surface area contributed by atoms with E-state index in [9.17, 15) is 9.59 Å². The SMILES string of the molecule is CC[C@H](N)C(=O)Nc1ccc(CC(=O)O)nc1. The maximum atomic E-state index is 11.4. The predicted octanol–water partition coefficient (Wildman–Crippen LogP) is 0.384. The largest absolute Gasteiger partial charge is 0.481 e. The third-order valence-electron chi connectivity index (χ3n) is 2.20. The molecule has 1 aromatic rings. The van der Waals surface area contributed by atoms with Gasteiger partial charge >= 0.3 is 5.97 Å². The van der Waals surface area contributed by atoms with Crippen molar-refractivity contribution in [3.63, 3.8) is 0 Å². The number of aliphatic carboxylic acids is 1. The van der Waals surface area contributed by atoms with Gasteiger partial charge in [0.2, 0.25) is 5.91 Å². The Labute approximate surface area is 98.8 Å². The summed E-state index contributed by atoms with van der Waals surface area (Å²) in [5, 5.41) is 11.2. The van der Waals surface area contributed by atoms with Crippen LogP contribution in [-0.4, -0.2) is 28.0 Å². The lowest BCUT2D eigenvalue weighted by Gasteiger charge is -2.09. The second-order valence-electron chi connectivity index (χ2n) is 3.61. The van der Waals surface area contributed by atoms with Gasteiger partial charge in [0.05, 0.1) is 30.0 Å². The first-order chi connectivity index (χ1) is 8.02. The second kappa shape index (κ2) is 5.95. The van der Waals surface area contributed by atoms with Crippen molar-refractivity contribution < 1.29 is 14.7 Å². The first-order valence-electron chi connectivity index (χ1n) is 5.26. The second-order valence-corrected chi connectivity index (χ2v) is 3.61. The van der Waals surface area contributed by atoms with E-state index in [4.69, 9.17) is 10.8 Å². The maximum Gasteiger partial charge on any atom is 0.309 e. The number of nitrogens with zero attached hydrogens (tertiary/aromatic N) is 1. The summed E-state index contributed by atoms with van der Waals surface area (Å²) >= 11 is 0. The molecule has 0 saturated heterocycles. The molecule has 1 rings (SSSR count). The maximum absolute atomic E-state index is 11.4. The highest BCUT2D eigenvalue weighted by atomic mass is 16.4. The molecule has 0 spiro atoms. The third kappa shape index (κ3) is 4.20. The van der Waals surface area contributed by atoms with Gasteiger partial charge in [0.25, 0.3) is 0 Å². The molecule has 0 aromatic carbocycles. The van der Waals surface area contributed by atoms with Gasteiger partial charge in [-0.3, -0.25) is 14.6 Å². The number of pyridine rings is 1. The van der Waals surface area contributed by atoms with Crippen LogP contribution in [0.25, 0.3) is 0 Å². The van der Waals surface area contributed by atoms with Gasteiger partial charge in [-0.2, -0.15) is 0 Å². The van der Waals surface area contributed by atoms with Crippen molar-refractivity contribution >= 4 is 17.6 Å². The van der Waals surface area contributed by atoms with Crippen molar-refractivity contribution in [2.45, 2.75) is 25.8 Å². The van der Waals surface area contributed by atoms with Gasteiger partial charge in [0, 0.05) is 0 Å². The topological polar surface area (TPSA) is 105 Å². The van der Waals surface area contributed by atoms with Gasteiger partial charge in [0.1, 0.15) is 0 Å². The van der Waals surface area contributed by atoms with Crippen LogP contribution in [0.3, 0.4) is 0 Å². The Hall–Kier alpha value is -1.95. The van der Waals surface area contributed by atoms with Crippen LogP contribution in [-0.2, 0) is 16.0 Å². The van der Waals surface area contributed by atoms with Crippen LogP contribution in [0.5, 0.6) is 0 Å². The molecule has 0 unspecified atom stereocenters. The number of hydrogen-bond donors (Lipinski definition) is 3. The highest BCUT2D eigenvalue weighted by Gasteiger charge is 2.11. The van der Waals surface area contributed by atoms with Crippen molar-refractivity contribution in [2.24, 2.45) is 5.73 Å². The number of carbonyl (C=O) groups excluding carboxylic acids is 1. The van der Waals surface area contributed by atoms with Crippen molar-refractivity contribution in [1.82, 2.24) is 4.98 Å². The number of carboxylic acid groups (broad SMARTS) is 1. The molecule has 0 fully saturated rings. The third-order valence-corrected chi connectivity index (χ3v) is 2.20. The molecule has 1 amide bonds. The quantitative estimate of drug-likeness (QED) is 0.686. The van der Waals surface area contributed by atoms with Crippen LogP contribution in [0, 0.1) is 0 Å². The number of nitrogens with one attached hydrogen (secondary N) is 1. The summed E-state index contributed by atoms with van der Waals surface area (Å²) in [5.41, 5.74) is 6.50. The van der Waals surface area contributed by atoms with Crippen molar-refractivity contribution in [2.75, 3.05) is 5.32 Å². The molecule has 1 heterocycles. The molecule has 0 aliphatic heterocycles. The summed E-state index contributed by atoms with van der Waals surface area (Å²) in [7, 11) is 0. The zero-order valence-corrected chi connectivity index (χ0v) is 9.51. The van der Waals surface area contributed by atoms with Crippen LogP contribution in [0.1, 0.15) is 19.0 Å². The summed E-state index contributed by atoms with van der Waals surface area (Å²) in [6.07, 6.45) is 1.83. The minimum Gasteiger partial charge on any atom is -0.481 e. The highest BCUT2D eigenvalue weighted by Crippen LogP contribution is 2.07. The fourth-order valence-corrected chi connectivity index (χ4v) is 1.18. The lowest BCUT2D eigenvalue weighted by molar-refractivity contribution is -0.136. The normalized spacial score (nSPS) is 11.9. The Morgan fingerprint density at radius 3 is 2.71 bits per heavy atom. The molecule has 1 atom stereocenters. The summed E-state index contributed by atoms with van der Waals surface area (Å²) < 4.78 is 0. The van der Waals surface area contributed by atoms with E-state index in [-0.39, 0.29) is 12.3 Å². The Morgan fingerprint density at radius 1 is 1.53 bits per heavy atom. The monoisotopic (exact) mass is 237 g/mol. The molecule has 17 heavy (non-hydrogen) atoms. The van der Waals surface area contributed by atoms with E-state index in [1.165, 1.54) is 6.20 Å².